The van der Waals surface area contributed by atoms with Crippen molar-refractivity contribution in [1.82, 2.24) is 10.6 Å². The highest BCUT2D eigenvalue weighted by molar-refractivity contribution is 7.07. The molecule has 2 amide bonds. The quantitative estimate of drug-likeness (QED) is 0.749. The molecule has 1 rings (SSSR count). The Kier molecular flexibility index (Phi) is 5.35. The molecule has 0 aliphatic carbocycles. The van der Waals surface area contributed by atoms with E-state index in [2.05, 4.69) is 10.6 Å². The Hall–Kier alpha value is -1.56. The largest absolute Gasteiger partial charge is 0.480 e. The van der Waals surface area contributed by atoms with Gasteiger partial charge in [-0.3, -0.25) is 0 Å². The van der Waals surface area contributed by atoms with E-state index in [1.54, 1.807) is 18.3 Å². The van der Waals surface area contributed by atoms with E-state index in [1.165, 1.54) is 6.92 Å². The fourth-order valence-electron chi connectivity index (χ4n) is 1.62. The lowest BCUT2D eigenvalue weighted by molar-refractivity contribution is -0.143. The summed E-state index contributed by atoms with van der Waals surface area (Å²) in [6, 6.07) is 1.51. The minimum atomic E-state index is -1.23. The van der Waals surface area contributed by atoms with E-state index in [1.807, 2.05) is 23.8 Å². The zero-order valence-electron chi connectivity index (χ0n) is 11.4. The van der Waals surface area contributed by atoms with Gasteiger partial charge in [-0.25, -0.2) is 9.59 Å². The lowest BCUT2D eigenvalue weighted by Crippen LogP contribution is -2.56. The average Bonchev–Trinajstić information content (AvgIpc) is 2.80. The number of hydrogen-bond donors (Lipinski definition) is 3. The Morgan fingerprint density at radius 3 is 2.68 bits per heavy atom. The highest BCUT2D eigenvalue weighted by Gasteiger charge is 2.32. The number of carboxylic acids is 1. The van der Waals surface area contributed by atoms with Crippen LogP contribution < -0.4 is 10.6 Å². The fraction of sp³-hybridized carbons (Fsp3) is 0.538. The van der Waals surface area contributed by atoms with Crippen LogP contribution in [0, 0.1) is 0 Å². The summed E-state index contributed by atoms with van der Waals surface area (Å²) in [5, 5.41) is 18.4. The molecule has 106 valence electrons. The molecule has 1 aromatic rings. The smallest absolute Gasteiger partial charge is 0.329 e. The number of carbonyl (C=O) groups excluding carboxylic acids is 1. The van der Waals surface area contributed by atoms with Crippen molar-refractivity contribution in [2.75, 3.05) is 0 Å². The number of urea groups is 1. The molecule has 2 unspecified atom stereocenters. The maximum atomic E-state index is 11.8. The van der Waals surface area contributed by atoms with Crippen molar-refractivity contribution in [3.63, 3.8) is 0 Å². The molecule has 6 heteroatoms. The van der Waals surface area contributed by atoms with Gasteiger partial charge in [0.1, 0.15) is 5.54 Å². The molecule has 5 nitrogen and oxygen atoms in total. The minimum Gasteiger partial charge on any atom is -0.480 e. The van der Waals surface area contributed by atoms with Crippen molar-refractivity contribution in [2.45, 2.75) is 45.2 Å². The number of amides is 2. The Morgan fingerprint density at radius 2 is 2.21 bits per heavy atom. The molecule has 0 saturated heterocycles. The van der Waals surface area contributed by atoms with Crippen molar-refractivity contribution < 1.29 is 14.7 Å². The molecule has 0 bridgehead atoms. The summed E-state index contributed by atoms with van der Waals surface area (Å²) >= 11 is 1.61. The van der Waals surface area contributed by atoms with Crippen LogP contribution in [0.4, 0.5) is 4.79 Å². The number of carboxylic acid groups (broad SMARTS) is 1. The van der Waals surface area contributed by atoms with E-state index in [4.69, 9.17) is 5.11 Å². The predicted molar refractivity (Wildman–Crippen MR) is 75.5 cm³/mol. The topological polar surface area (TPSA) is 78.4 Å². The van der Waals surface area contributed by atoms with E-state index in [0.29, 0.717) is 6.42 Å². The van der Waals surface area contributed by atoms with Gasteiger partial charge >= 0.3 is 12.0 Å². The van der Waals surface area contributed by atoms with Gasteiger partial charge in [0.2, 0.25) is 0 Å². The molecule has 3 N–H and O–H groups in total. The number of aliphatic carboxylic acids is 1. The first-order valence-corrected chi connectivity index (χ1v) is 7.15. The van der Waals surface area contributed by atoms with Crippen molar-refractivity contribution in [3.8, 4) is 0 Å². The first-order chi connectivity index (χ1) is 8.87. The molecule has 0 spiro atoms. The van der Waals surface area contributed by atoms with Crippen molar-refractivity contribution in [1.29, 1.82) is 0 Å². The van der Waals surface area contributed by atoms with Crippen LogP contribution in [-0.2, 0) is 11.2 Å². The molecule has 1 aromatic heterocycles. The first kappa shape index (κ1) is 15.5. The summed E-state index contributed by atoms with van der Waals surface area (Å²) in [6.45, 7) is 5.11. The van der Waals surface area contributed by atoms with Crippen molar-refractivity contribution >= 4 is 23.3 Å². The summed E-state index contributed by atoms with van der Waals surface area (Å²) in [7, 11) is 0. The van der Waals surface area contributed by atoms with Gasteiger partial charge in [0.15, 0.2) is 0 Å². The van der Waals surface area contributed by atoms with Gasteiger partial charge in [-0.05, 0) is 49.1 Å². The van der Waals surface area contributed by atoms with Gasteiger partial charge in [-0.15, -0.1) is 0 Å². The molecule has 1 heterocycles. The van der Waals surface area contributed by atoms with Crippen LogP contribution >= 0.6 is 11.3 Å². The zero-order chi connectivity index (χ0) is 14.5. The molecule has 0 radical (unpaired) electrons. The van der Waals surface area contributed by atoms with Crippen LogP contribution in [0.1, 0.15) is 32.8 Å². The number of rotatable bonds is 6. The number of carbonyl (C=O) groups is 2. The maximum Gasteiger partial charge on any atom is 0.329 e. The zero-order valence-corrected chi connectivity index (χ0v) is 12.2. The second-order valence-electron chi connectivity index (χ2n) is 4.83. The van der Waals surface area contributed by atoms with Gasteiger partial charge in [0.25, 0.3) is 0 Å². The van der Waals surface area contributed by atoms with E-state index in [0.717, 1.165) is 12.0 Å². The van der Waals surface area contributed by atoms with Crippen LogP contribution in [0.3, 0.4) is 0 Å². The van der Waals surface area contributed by atoms with E-state index < -0.39 is 17.5 Å². The molecule has 0 aliphatic rings. The number of hydrogen-bond acceptors (Lipinski definition) is 3. The third-order valence-corrected chi connectivity index (χ3v) is 3.80. The third-order valence-electron chi connectivity index (χ3n) is 3.07. The highest BCUT2D eigenvalue weighted by atomic mass is 32.1. The summed E-state index contributed by atoms with van der Waals surface area (Å²) in [4.78, 5) is 22.9. The molecule has 0 aliphatic heterocycles. The second kappa shape index (κ2) is 6.56. The normalized spacial score (nSPS) is 15.3. The highest BCUT2D eigenvalue weighted by Crippen LogP contribution is 2.10. The molecule has 0 aromatic carbocycles. The fourth-order valence-corrected chi connectivity index (χ4v) is 2.30. The summed E-state index contributed by atoms with van der Waals surface area (Å²) in [5.74, 6) is -1.03. The molecule has 19 heavy (non-hydrogen) atoms. The molecule has 0 fully saturated rings. The standard InChI is InChI=1S/C13H20N2O3S/c1-4-13(3,11(16)17)15-12(18)14-9(2)7-10-5-6-19-8-10/h5-6,8-9H,4,7H2,1-3H3,(H,16,17)(H2,14,15,18). The first-order valence-electron chi connectivity index (χ1n) is 6.20. The van der Waals surface area contributed by atoms with Crippen LogP contribution in [0.15, 0.2) is 16.8 Å². The Bertz CT molecular complexity index is 433. The van der Waals surface area contributed by atoms with E-state index in [9.17, 15) is 9.59 Å². The maximum absolute atomic E-state index is 11.8. The SMILES string of the molecule is CCC(C)(NC(=O)NC(C)Cc1ccsc1)C(=O)O. The monoisotopic (exact) mass is 284 g/mol. The summed E-state index contributed by atoms with van der Waals surface area (Å²) in [6.07, 6.45) is 1.06. The number of nitrogens with one attached hydrogen (secondary N) is 2. The van der Waals surface area contributed by atoms with Gasteiger partial charge in [-0.1, -0.05) is 6.92 Å². The van der Waals surface area contributed by atoms with Gasteiger partial charge in [0.05, 0.1) is 0 Å². The van der Waals surface area contributed by atoms with E-state index in [-0.39, 0.29) is 6.04 Å². The average molecular weight is 284 g/mol. The van der Waals surface area contributed by atoms with Crippen LogP contribution in [0.2, 0.25) is 0 Å². The lowest BCUT2D eigenvalue weighted by Gasteiger charge is -2.25. The van der Waals surface area contributed by atoms with Crippen LogP contribution in [0.5, 0.6) is 0 Å². The van der Waals surface area contributed by atoms with Crippen molar-refractivity contribution in [3.05, 3.63) is 22.4 Å². The van der Waals surface area contributed by atoms with E-state index >= 15 is 0 Å². The number of thiophene rings is 1. The molecular formula is C13H20N2O3S. The van der Waals surface area contributed by atoms with Gasteiger partial charge < -0.3 is 15.7 Å². The Morgan fingerprint density at radius 1 is 1.53 bits per heavy atom. The predicted octanol–water partition coefficient (Wildman–Crippen LogP) is 2.23. The Labute approximate surface area is 117 Å². The Balaban J connectivity index is 2.48. The summed E-state index contributed by atoms with van der Waals surface area (Å²) in [5.41, 5.74) is -0.0686. The lowest BCUT2D eigenvalue weighted by atomic mass is 10.00. The summed E-state index contributed by atoms with van der Waals surface area (Å²) < 4.78 is 0. The third kappa shape index (κ3) is 4.55. The molecule has 0 saturated carbocycles. The second-order valence-corrected chi connectivity index (χ2v) is 5.61. The van der Waals surface area contributed by atoms with Crippen LogP contribution in [0.25, 0.3) is 0 Å². The van der Waals surface area contributed by atoms with Gasteiger partial charge in [0, 0.05) is 6.04 Å². The molecule has 2 atom stereocenters. The minimum absolute atomic E-state index is 0.0514. The van der Waals surface area contributed by atoms with Crippen LogP contribution in [-0.4, -0.2) is 28.7 Å². The van der Waals surface area contributed by atoms with Crippen molar-refractivity contribution in [2.24, 2.45) is 0 Å². The van der Waals surface area contributed by atoms with Gasteiger partial charge in [-0.2, -0.15) is 11.3 Å². The molecular weight excluding hydrogens is 264 g/mol.